The molecule has 0 amide bonds. The molecule has 1 fully saturated rings. The Hall–Kier alpha value is -0.630. The molecule has 1 saturated heterocycles. The van der Waals surface area contributed by atoms with Crippen molar-refractivity contribution in [1.82, 2.24) is 4.90 Å². The second-order valence-electron chi connectivity index (χ2n) is 3.56. The smallest absolute Gasteiger partial charge is 0.0644 e. The van der Waals surface area contributed by atoms with Gasteiger partial charge in [0.1, 0.15) is 0 Å². The van der Waals surface area contributed by atoms with E-state index in [1.165, 1.54) is 0 Å². The zero-order valence-electron chi connectivity index (χ0n) is 8.48. The molecule has 0 spiro atoms. The highest BCUT2D eigenvalue weighted by Crippen LogP contribution is 2.08. The van der Waals surface area contributed by atoms with Gasteiger partial charge in [-0.05, 0) is 19.4 Å². The van der Waals surface area contributed by atoms with Crippen LogP contribution in [0.1, 0.15) is 19.3 Å². The average Bonchev–Trinajstić information content (AvgIpc) is 2.25. The summed E-state index contributed by atoms with van der Waals surface area (Å²) in [6.45, 7) is 3.43. The van der Waals surface area contributed by atoms with Gasteiger partial charge in [-0.2, -0.15) is 5.26 Å². The summed E-state index contributed by atoms with van der Waals surface area (Å²) in [5.41, 5.74) is 0. The summed E-state index contributed by atoms with van der Waals surface area (Å²) in [6.07, 6.45) is 2.62. The fourth-order valence-corrected chi connectivity index (χ4v) is 1.67. The molecule has 1 aliphatic rings. The quantitative estimate of drug-likeness (QED) is 0.649. The van der Waals surface area contributed by atoms with Gasteiger partial charge < -0.3 is 9.84 Å². The van der Waals surface area contributed by atoms with Gasteiger partial charge in [-0.3, -0.25) is 4.90 Å². The van der Waals surface area contributed by atoms with E-state index in [1.807, 2.05) is 0 Å². The summed E-state index contributed by atoms with van der Waals surface area (Å²) in [6, 6.07) is 2.30. The number of ether oxygens (including phenoxy) is 1. The molecule has 4 heteroatoms. The van der Waals surface area contributed by atoms with Crippen LogP contribution in [0.2, 0.25) is 0 Å². The molecule has 80 valence electrons. The second kappa shape index (κ2) is 6.77. The van der Waals surface area contributed by atoms with Crippen molar-refractivity contribution in [2.24, 2.45) is 0 Å². The molecule has 1 rings (SSSR count). The molecule has 0 aromatic rings. The first-order valence-corrected chi connectivity index (χ1v) is 5.18. The minimum atomic E-state index is 0.158. The SMILES string of the molecule is N#CCCCCN1CCOCC1CO. The summed E-state index contributed by atoms with van der Waals surface area (Å²) in [4.78, 5) is 2.25. The number of aliphatic hydroxyl groups is 1. The maximum Gasteiger partial charge on any atom is 0.0644 e. The summed E-state index contributed by atoms with van der Waals surface area (Å²) in [5, 5.41) is 17.5. The molecule has 1 heterocycles. The maximum absolute atomic E-state index is 9.09. The molecular weight excluding hydrogens is 180 g/mol. The molecule has 1 atom stereocenters. The van der Waals surface area contributed by atoms with Gasteiger partial charge in [-0.1, -0.05) is 0 Å². The molecule has 0 aliphatic carbocycles. The van der Waals surface area contributed by atoms with Crippen LogP contribution in [0.15, 0.2) is 0 Å². The van der Waals surface area contributed by atoms with Gasteiger partial charge >= 0.3 is 0 Å². The Kier molecular flexibility index (Phi) is 5.53. The number of rotatable bonds is 5. The van der Waals surface area contributed by atoms with Crippen LogP contribution in [0.3, 0.4) is 0 Å². The lowest BCUT2D eigenvalue weighted by molar-refractivity contribution is -0.0277. The number of hydrogen-bond donors (Lipinski definition) is 1. The molecule has 0 aromatic carbocycles. The Morgan fingerprint density at radius 1 is 1.50 bits per heavy atom. The van der Waals surface area contributed by atoms with Gasteiger partial charge in [0.2, 0.25) is 0 Å². The van der Waals surface area contributed by atoms with E-state index < -0.39 is 0 Å². The third kappa shape index (κ3) is 3.62. The topological polar surface area (TPSA) is 56.5 Å². The van der Waals surface area contributed by atoms with Crippen LogP contribution in [-0.4, -0.2) is 49.0 Å². The fraction of sp³-hybridized carbons (Fsp3) is 0.900. The molecule has 0 radical (unpaired) electrons. The minimum Gasteiger partial charge on any atom is -0.395 e. The van der Waals surface area contributed by atoms with Crippen molar-refractivity contribution in [1.29, 1.82) is 5.26 Å². The average molecular weight is 198 g/mol. The maximum atomic E-state index is 9.09. The summed E-state index contributed by atoms with van der Waals surface area (Å²) >= 11 is 0. The minimum absolute atomic E-state index is 0.158. The van der Waals surface area contributed by atoms with Crippen LogP contribution >= 0.6 is 0 Å². The Labute approximate surface area is 85.1 Å². The van der Waals surface area contributed by atoms with Crippen LogP contribution in [0.25, 0.3) is 0 Å². The number of nitriles is 1. The van der Waals surface area contributed by atoms with E-state index in [9.17, 15) is 0 Å². The Morgan fingerprint density at radius 3 is 3.07 bits per heavy atom. The van der Waals surface area contributed by atoms with Gasteiger partial charge in [0.25, 0.3) is 0 Å². The Morgan fingerprint density at radius 2 is 2.36 bits per heavy atom. The van der Waals surface area contributed by atoms with Crippen LogP contribution in [0.5, 0.6) is 0 Å². The first kappa shape index (κ1) is 11.4. The lowest BCUT2D eigenvalue weighted by Crippen LogP contribution is -2.47. The summed E-state index contributed by atoms with van der Waals surface area (Å²) in [7, 11) is 0. The van der Waals surface area contributed by atoms with Crippen molar-refractivity contribution in [3.63, 3.8) is 0 Å². The first-order chi connectivity index (χ1) is 6.88. The van der Waals surface area contributed by atoms with E-state index in [-0.39, 0.29) is 12.6 Å². The lowest BCUT2D eigenvalue weighted by atomic mass is 10.2. The standard InChI is InChI=1S/C10H18N2O2/c11-4-2-1-3-5-12-6-7-14-9-10(12)8-13/h10,13H,1-3,5-9H2. The van der Waals surface area contributed by atoms with E-state index in [0.717, 1.165) is 32.5 Å². The number of nitrogens with zero attached hydrogens (tertiary/aromatic N) is 2. The highest BCUT2D eigenvalue weighted by Gasteiger charge is 2.21. The lowest BCUT2D eigenvalue weighted by Gasteiger charge is -2.34. The predicted octanol–water partition coefficient (Wildman–Crippen LogP) is 0.373. The monoisotopic (exact) mass is 198 g/mol. The van der Waals surface area contributed by atoms with Crippen molar-refractivity contribution in [3.8, 4) is 6.07 Å². The molecule has 1 N–H and O–H groups in total. The fourth-order valence-electron chi connectivity index (χ4n) is 1.67. The molecule has 1 aliphatic heterocycles. The van der Waals surface area contributed by atoms with E-state index in [2.05, 4.69) is 11.0 Å². The van der Waals surface area contributed by atoms with Crippen molar-refractivity contribution >= 4 is 0 Å². The summed E-state index contributed by atoms with van der Waals surface area (Å²) < 4.78 is 5.28. The van der Waals surface area contributed by atoms with Crippen molar-refractivity contribution in [2.45, 2.75) is 25.3 Å². The van der Waals surface area contributed by atoms with E-state index in [4.69, 9.17) is 15.1 Å². The number of morpholine rings is 1. The molecule has 4 nitrogen and oxygen atoms in total. The van der Waals surface area contributed by atoms with Crippen LogP contribution in [0, 0.1) is 11.3 Å². The third-order valence-corrected chi connectivity index (χ3v) is 2.54. The molecular formula is C10H18N2O2. The van der Waals surface area contributed by atoms with Crippen molar-refractivity contribution < 1.29 is 9.84 Å². The zero-order chi connectivity index (χ0) is 10.2. The van der Waals surface area contributed by atoms with Crippen LogP contribution in [0.4, 0.5) is 0 Å². The molecule has 0 aromatic heterocycles. The molecule has 0 bridgehead atoms. The number of hydrogen-bond acceptors (Lipinski definition) is 4. The van der Waals surface area contributed by atoms with Crippen LogP contribution < -0.4 is 0 Å². The normalized spacial score (nSPS) is 23.3. The van der Waals surface area contributed by atoms with Gasteiger partial charge in [-0.15, -0.1) is 0 Å². The van der Waals surface area contributed by atoms with Gasteiger partial charge in [0.15, 0.2) is 0 Å². The predicted molar refractivity (Wildman–Crippen MR) is 52.7 cm³/mol. The van der Waals surface area contributed by atoms with E-state index in [0.29, 0.717) is 13.0 Å². The van der Waals surface area contributed by atoms with Gasteiger partial charge in [-0.25, -0.2) is 0 Å². The zero-order valence-corrected chi connectivity index (χ0v) is 8.48. The molecule has 14 heavy (non-hydrogen) atoms. The van der Waals surface area contributed by atoms with Crippen molar-refractivity contribution in [2.75, 3.05) is 32.9 Å². The van der Waals surface area contributed by atoms with Gasteiger partial charge in [0.05, 0.1) is 31.9 Å². The number of aliphatic hydroxyl groups excluding tert-OH is 1. The summed E-state index contributed by atoms with van der Waals surface area (Å²) in [5.74, 6) is 0. The molecule has 0 saturated carbocycles. The van der Waals surface area contributed by atoms with Gasteiger partial charge in [0, 0.05) is 13.0 Å². The Bertz CT molecular complexity index is 191. The van der Waals surface area contributed by atoms with E-state index in [1.54, 1.807) is 0 Å². The number of unbranched alkanes of at least 4 members (excludes halogenated alkanes) is 2. The first-order valence-electron chi connectivity index (χ1n) is 5.18. The third-order valence-electron chi connectivity index (χ3n) is 2.54. The second-order valence-corrected chi connectivity index (χ2v) is 3.56. The van der Waals surface area contributed by atoms with Crippen molar-refractivity contribution in [3.05, 3.63) is 0 Å². The highest BCUT2D eigenvalue weighted by molar-refractivity contribution is 4.75. The Balaban J connectivity index is 2.17. The van der Waals surface area contributed by atoms with E-state index >= 15 is 0 Å². The largest absolute Gasteiger partial charge is 0.395 e. The molecule has 1 unspecified atom stereocenters. The highest BCUT2D eigenvalue weighted by atomic mass is 16.5. The van der Waals surface area contributed by atoms with Crippen LogP contribution in [-0.2, 0) is 4.74 Å².